The van der Waals surface area contributed by atoms with E-state index in [2.05, 4.69) is 10.6 Å². The monoisotopic (exact) mass is 328 g/mol. The van der Waals surface area contributed by atoms with E-state index in [0.717, 1.165) is 6.26 Å². The zero-order valence-electron chi connectivity index (χ0n) is 11.5. The first kappa shape index (κ1) is 15.8. The molecule has 114 valence electrons. The topological polar surface area (TPSA) is 92.3 Å². The van der Waals surface area contributed by atoms with E-state index in [4.69, 9.17) is 0 Å². The van der Waals surface area contributed by atoms with Crippen molar-refractivity contribution in [1.29, 1.82) is 0 Å². The summed E-state index contributed by atoms with van der Waals surface area (Å²) in [5.74, 6) is 0.801. The number of hydrogen-bond acceptors (Lipinski definition) is 5. The van der Waals surface area contributed by atoms with Gasteiger partial charge in [0, 0.05) is 29.9 Å². The van der Waals surface area contributed by atoms with Crippen molar-refractivity contribution in [2.24, 2.45) is 0 Å². The van der Waals surface area contributed by atoms with Crippen LogP contribution in [0.1, 0.15) is 6.42 Å². The molecule has 1 atom stereocenters. The Balaban J connectivity index is 2.03. The van der Waals surface area contributed by atoms with Crippen molar-refractivity contribution < 1.29 is 18.0 Å². The molecule has 8 heteroatoms. The third-order valence-corrected chi connectivity index (χ3v) is 5.15. The van der Waals surface area contributed by atoms with Crippen molar-refractivity contribution in [2.45, 2.75) is 17.4 Å². The Kier molecular flexibility index (Phi) is 4.89. The zero-order valence-corrected chi connectivity index (χ0v) is 13.1. The third kappa shape index (κ3) is 4.47. The highest BCUT2D eigenvalue weighted by Gasteiger charge is 2.23. The van der Waals surface area contributed by atoms with E-state index in [-0.39, 0.29) is 16.7 Å². The van der Waals surface area contributed by atoms with Crippen LogP contribution >= 0.6 is 11.8 Å². The molecule has 0 aliphatic carbocycles. The van der Waals surface area contributed by atoms with Crippen molar-refractivity contribution in [3.05, 3.63) is 24.3 Å². The van der Waals surface area contributed by atoms with Gasteiger partial charge in [0.1, 0.15) is 6.04 Å². The number of benzene rings is 1. The number of nitrogens with one attached hydrogen (secondary N) is 2. The molecule has 0 aromatic heterocycles. The molecule has 21 heavy (non-hydrogen) atoms. The maximum Gasteiger partial charge on any atom is 0.247 e. The van der Waals surface area contributed by atoms with Gasteiger partial charge in [0.2, 0.25) is 11.8 Å². The van der Waals surface area contributed by atoms with Crippen molar-refractivity contribution in [3.63, 3.8) is 0 Å². The number of carbonyl (C=O) groups is 2. The van der Waals surface area contributed by atoms with Gasteiger partial charge in [-0.2, -0.15) is 11.8 Å². The average molecular weight is 328 g/mol. The number of anilines is 1. The van der Waals surface area contributed by atoms with Crippen LogP contribution in [-0.2, 0) is 19.4 Å². The summed E-state index contributed by atoms with van der Waals surface area (Å²) in [7, 11) is -3.25. The molecule has 6 nitrogen and oxygen atoms in total. The van der Waals surface area contributed by atoms with Gasteiger partial charge in [-0.1, -0.05) is 0 Å². The molecular weight excluding hydrogens is 312 g/mol. The fourth-order valence-corrected chi connectivity index (χ4v) is 3.43. The van der Waals surface area contributed by atoms with E-state index in [9.17, 15) is 18.0 Å². The van der Waals surface area contributed by atoms with Crippen LogP contribution in [0.15, 0.2) is 29.2 Å². The summed E-state index contributed by atoms with van der Waals surface area (Å²) in [4.78, 5) is 23.7. The molecule has 1 aliphatic heterocycles. The molecule has 0 saturated carbocycles. The lowest BCUT2D eigenvalue weighted by Gasteiger charge is -2.15. The summed E-state index contributed by atoms with van der Waals surface area (Å²) in [6.07, 6.45) is 1.54. The Morgan fingerprint density at radius 2 is 2.00 bits per heavy atom. The van der Waals surface area contributed by atoms with E-state index in [1.54, 1.807) is 11.8 Å². The van der Waals surface area contributed by atoms with Crippen LogP contribution in [0.4, 0.5) is 5.69 Å². The summed E-state index contributed by atoms with van der Waals surface area (Å²) < 4.78 is 22.7. The van der Waals surface area contributed by atoms with Crippen LogP contribution in [0.5, 0.6) is 0 Å². The highest BCUT2D eigenvalue weighted by Crippen LogP contribution is 2.15. The summed E-state index contributed by atoms with van der Waals surface area (Å²) in [6, 6.07) is 5.36. The minimum atomic E-state index is -3.25. The number of hydrogen-bond donors (Lipinski definition) is 2. The third-order valence-electron chi connectivity index (χ3n) is 2.96. The number of rotatable bonds is 3. The molecule has 1 aromatic carbocycles. The Labute approximate surface area is 127 Å². The van der Waals surface area contributed by atoms with Gasteiger partial charge >= 0.3 is 0 Å². The summed E-state index contributed by atoms with van der Waals surface area (Å²) >= 11 is 1.55. The SMILES string of the molecule is CS(=O)(=O)c1ccc(NC(=O)[C@@H]2CSCCC(=O)N2)cc1. The molecule has 2 rings (SSSR count). The van der Waals surface area contributed by atoms with E-state index < -0.39 is 15.9 Å². The standard InChI is InChI=1S/C13H16N2O4S2/c1-21(18,19)10-4-2-9(3-5-10)14-13(17)11-8-20-7-6-12(16)15-11/h2-5,11H,6-8H2,1H3,(H,14,17)(H,15,16)/t11-/m0/s1. The number of sulfone groups is 1. The number of amides is 2. The molecule has 1 saturated heterocycles. The van der Waals surface area contributed by atoms with Crippen molar-refractivity contribution in [3.8, 4) is 0 Å². The summed E-state index contributed by atoms with van der Waals surface area (Å²) in [6.45, 7) is 0. The highest BCUT2D eigenvalue weighted by atomic mass is 32.2. The normalized spacial score (nSPS) is 19.5. The molecule has 1 aliphatic rings. The van der Waals surface area contributed by atoms with E-state index >= 15 is 0 Å². The molecule has 0 unspecified atom stereocenters. The molecule has 2 amide bonds. The molecule has 0 spiro atoms. The van der Waals surface area contributed by atoms with Gasteiger partial charge in [-0.3, -0.25) is 9.59 Å². The number of carbonyl (C=O) groups excluding carboxylic acids is 2. The highest BCUT2D eigenvalue weighted by molar-refractivity contribution is 7.99. The quantitative estimate of drug-likeness (QED) is 0.850. The van der Waals surface area contributed by atoms with E-state index in [0.29, 0.717) is 23.6 Å². The van der Waals surface area contributed by atoms with Crippen molar-refractivity contribution in [1.82, 2.24) is 5.32 Å². The minimum absolute atomic E-state index is 0.132. The Hall–Kier alpha value is -1.54. The van der Waals surface area contributed by atoms with Crippen LogP contribution in [0, 0.1) is 0 Å². The van der Waals surface area contributed by atoms with Crippen molar-refractivity contribution in [2.75, 3.05) is 23.1 Å². The van der Waals surface area contributed by atoms with Gasteiger partial charge in [0.05, 0.1) is 4.90 Å². The molecule has 0 bridgehead atoms. The van der Waals surface area contributed by atoms with Crippen LogP contribution in [0.25, 0.3) is 0 Å². The van der Waals surface area contributed by atoms with Gasteiger partial charge < -0.3 is 10.6 Å². The summed E-state index contributed by atoms with van der Waals surface area (Å²) in [5.41, 5.74) is 0.496. The maximum absolute atomic E-state index is 12.1. The first-order valence-corrected chi connectivity index (χ1v) is 9.39. The second-order valence-electron chi connectivity index (χ2n) is 4.73. The predicted octanol–water partition coefficient (Wildman–Crippen LogP) is 0.650. The number of thioether (sulfide) groups is 1. The fourth-order valence-electron chi connectivity index (χ4n) is 1.83. The molecule has 1 heterocycles. The van der Waals surface area contributed by atoms with Crippen molar-refractivity contribution >= 4 is 39.1 Å². The van der Waals surface area contributed by atoms with Gasteiger partial charge in [-0.05, 0) is 24.3 Å². The lowest BCUT2D eigenvalue weighted by atomic mass is 10.2. The molecule has 0 radical (unpaired) electrons. The smallest absolute Gasteiger partial charge is 0.247 e. The second-order valence-corrected chi connectivity index (χ2v) is 7.90. The van der Waals surface area contributed by atoms with Crippen LogP contribution in [-0.4, -0.2) is 44.0 Å². The first-order chi connectivity index (χ1) is 9.86. The largest absolute Gasteiger partial charge is 0.343 e. The fraction of sp³-hybridized carbons (Fsp3) is 0.385. The van der Waals surface area contributed by atoms with E-state index in [1.807, 2.05) is 0 Å². The van der Waals surface area contributed by atoms with Crippen LogP contribution in [0.2, 0.25) is 0 Å². The average Bonchev–Trinajstić information content (AvgIpc) is 2.63. The van der Waals surface area contributed by atoms with E-state index in [1.165, 1.54) is 24.3 Å². The van der Waals surface area contributed by atoms with Gasteiger partial charge in [0.25, 0.3) is 0 Å². The van der Waals surface area contributed by atoms with Gasteiger partial charge in [-0.15, -0.1) is 0 Å². The second kappa shape index (κ2) is 6.48. The zero-order chi connectivity index (χ0) is 15.5. The first-order valence-electron chi connectivity index (χ1n) is 6.34. The maximum atomic E-state index is 12.1. The lowest BCUT2D eigenvalue weighted by molar-refractivity contribution is -0.125. The van der Waals surface area contributed by atoms with Crippen LogP contribution < -0.4 is 10.6 Å². The Morgan fingerprint density at radius 3 is 2.62 bits per heavy atom. The van der Waals surface area contributed by atoms with Crippen LogP contribution in [0.3, 0.4) is 0 Å². The molecule has 2 N–H and O–H groups in total. The predicted molar refractivity (Wildman–Crippen MR) is 82.1 cm³/mol. The van der Waals surface area contributed by atoms with Gasteiger partial charge in [-0.25, -0.2) is 8.42 Å². The lowest BCUT2D eigenvalue weighted by Crippen LogP contribution is -2.44. The molecular formula is C13H16N2O4S2. The minimum Gasteiger partial charge on any atom is -0.343 e. The molecule has 1 aromatic rings. The Bertz CT molecular complexity index is 641. The summed E-state index contributed by atoms with van der Waals surface area (Å²) in [5, 5.41) is 5.34. The molecule has 1 fully saturated rings. The Morgan fingerprint density at radius 1 is 1.33 bits per heavy atom. The van der Waals surface area contributed by atoms with Gasteiger partial charge in [0.15, 0.2) is 9.84 Å².